The summed E-state index contributed by atoms with van der Waals surface area (Å²) in [6, 6.07) is 4.26. The minimum atomic E-state index is -0.814. The minimum Gasteiger partial charge on any atom is -0.396 e. The number of halogens is 1. The van der Waals surface area contributed by atoms with Crippen molar-refractivity contribution in [2.45, 2.75) is 0 Å². The quantitative estimate of drug-likeness (QED) is 0.713. The van der Waals surface area contributed by atoms with E-state index in [0.29, 0.717) is 0 Å². The lowest BCUT2D eigenvalue weighted by Crippen LogP contribution is -2.14. The van der Waals surface area contributed by atoms with Gasteiger partial charge in [-0.1, -0.05) is 12.1 Å². The number of amides is 1. The van der Waals surface area contributed by atoms with E-state index in [4.69, 9.17) is 10.8 Å². The van der Waals surface area contributed by atoms with Crippen molar-refractivity contribution in [3.05, 3.63) is 41.6 Å². The third-order valence-electron chi connectivity index (χ3n) is 1.61. The Kier molecular flexibility index (Phi) is 2.97. The van der Waals surface area contributed by atoms with Gasteiger partial charge in [-0.25, -0.2) is 4.39 Å². The van der Waals surface area contributed by atoms with Crippen LogP contribution in [0.5, 0.6) is 0 Å². The molecule has 0 aromatic heterocycles. The highest BCUT2D eigenvalue weighted by Gasteiger charge is 2.11. The van der Waals surface area contributed by atoms with Crippen LogP contribution < -0.4 is 5.73 Å². The Morgan fingerprint density at radius 2 is 2.31 bits per heavy atom. The zero-order valence-electron chi connectivity index (χ0n) is 6.83. The number of aliphatic hydroxyl groups is 1. The largest absolute Gasteiger partial charge is 0.396 e. The monoisotopic (exact) mass is 182 g/mol. The second-order valence-corrected chi connectivity index (χ2v) is 2.46. The van der Waals surface area contributed by atoms with Crippen LogP contribution in [0.3, 0.4) is 0 Å². The number of hydrogen-bond acceptors (Lipinski definition) is 2. The number of nitrogens with two attached hydrogens (primary N) is 1. The number of carbonyl (C=O) groups excluding carboxylic acids is 1. The molecule has 0 unspecified atom stereocenters. The predicted octanol–water partition coefficient (Wildman–Crippen LogP) is 0.469. The first kappa shape index (κ1) is 9.67. The lowest BCUT2D eigenvalue weighted by atomic mass is 10.1. The lowest BCUT2D eigenvalue weighted by Gasteiger charge is -2.03. The van der Waals surface area contributed by atoms with Crippen LogP contribution in [0, 0.1) is 12.2 Å². The first-order valence-corrected chi connectivity index (χ1v) is 3.69. The Labute approximate surface area is 75.0 Å². The van der Waals surface area contributed by atoms with E-state index >= 15 is 0 Å². The van der Waals surface area contributed by atoms with Crippen LogP contribution >= 0.6 is 0 Å². The van der Waals surface area contributed by atoms with Crippen LogP contribution in [-0.4, -0.2) is 17.6 Å². The molecular weight excluding hydrogens is 173 g/mol. The molecule has 0 atom stereocenters. The summed E-state index contributed by atoms with van der Waals surface area (Å²) >= 11 is 0. The fraction of sp³-hybridized carbons (Fsp3) is 0.111. The van der Waals surface area contributed by atoms with Gasteiger partial charge >= 0.3 is 0 Å². The van der Waals surface area contributed by atoms with Crippen LogP contribution in [0.15, 0.2) is 18.2 Å². The Balaban J connectivity index is 3.10. The van der Waals surface area contributed by atoms with Crippen molar-refractivity contribution in [3.8, 4) is 0 Å². The van der Waals surface area contributed by atoms with Crippen LogP contribution in [0.4, 0.5) is 4.39 Å². The van der Waals surface area contributed by atoms with Gasteiger partial charge in [-0.3, -0.25) is 4.79 Å². The number of aliphatic hydroxyl groups excluding tert-OH is 1. The van der Waals surface area contributed by atoms with E-state index in [1.807, 2.05) is 0 Å². The summed E-state index contributed by atoms with van der Waals surface area (Å²) < 4.78 is 13.3. The van der Waals surface area contributed by atoms with E-state index in [0.717, 1.165) is 0 Å². The zero-order valence-corrected chi connectivity index (χ0v) is 6.83. The molecule has 1 amide bonds. The average Bonchev–Trinajstić information content (AvgIpc) is 2.08. The Morgan fingerprint density at radius 3 is 2.85 bits per heavy atom. The molecular formula is C9H9FNO2. The SMILES string of the molecule is NC(=O)c1cccc([CH]CO)c1F. The molecule has 3 N–H and O–H groups in total. The van der Waals surface area contributed by atoms with Crippen molar-refractivity contribution in [2.24, 2.45) is 5.73 Å². The summed E-state index contributed by atoms with van der Waals surface area (Å²) in [5.41, 5.74) is 4.94. The normalized spacial score (nSPS) is 10.0. The van der Waals surface area contributed by atoms with Gasteiger partial charge in [-0.2, -0.15) is 0 Å². The smallest absolute Gasteiger partial charge is 0.251 e. The standard InChI is InChI=1S/C9H9FNO2/c10-8-6(4-5-12)2-1-3-7(8)9(11)13/h1-4,12H,5H2,(H2,11,13). The van der Waals surface area contributed by atoms with Gasteiger partial charge in [0, 0.05) is 6.42 Å². The van der Waals surface area contributed by atoms with E-state index in [1.165, 1.54) is 24.6 Å². The Hall–Kier alpha value is -1.42. The fourth-order valence-electron chi connectivity index (χ4n) is 0.996. The summed E-state index contributed by atoms with van der Waals surface area (Å²) in [7, 11) is 0. The first-order chi connectivity index (χ1) is 6.16. The van der Waals surface area contributed by atoms with Crippen LogP contribution in [0.25, 0.3) is 0 Å². The Morgan fingerprint density at radius 1 is 1.62 bits per heavy atom. The van der Waals surface area contributed by atoms with Crippen molar-refractivity contribution in [1.29, 1.82) is 0 Å². The third kappa shape index (κ3) is 2.03. The van der Waals surface area contributed by atoms with E-state index in [2.05, 4.69) is 0 Å². The maximum atomic E-state index is 13.3. The van der Waals surface area contributed by atoms with Gasteiger partial charge in [0.15, 0.2) is 0 Å². The van der Waals surface area contributed by atoms with E-state index in [9.17, 15) is 9.18 Å². The summed E-state index contributed by atoms with van der Waals surface area (Å²) in [5.74, 6) is -1.50. The van der Waals surface area contributed by atoms with Gasteiger partial charge in [-0.15, -0.1) is 0 Å². The molecule has 0 aliphatic carbocycles. The molecule has 1 aromatic rings. The van der Waals surface area contributed by atoms with E-state index in [-0.39, 0.29) is 17.7 Å². The van der Waals surface area contributed by atoms with Crippen molar-refractivity contribution < 1.29 is 14.3 Å². The molecule has 4 heteroatoms. The van der Waals surface area contributed by atoms with Crippen LogP contribution in [0.1, 0.15) is 15.9 Å². The maximum absolute atomic E-state index is 13.3. The molecule has 0 bridgehead atoms. The van der Waals surface area contributed by atoms with Gasteiger partial charge in [-0.05, 0) is 11.6 Å². The van der Waals surface area contributed by atoms with Crippen molar-refractivity contribution in [2.75, 3.05) is 6.61 Å². The lowest BCUT2D eigenvalue weighted by molar-refractivity contribution is 0.0996. The first-order valence-electron chi connectivity index (χ1n) is 3.69. The predicted molar refractivity (Wildman–Crippen MR) is 45.4 cm³/mol. The molecule has 13 heavy (non-hydrogen) atoms. The average molecular weight is 182 g/mol. The second-order valence-electron chi connectivity index (χ2n) is 2.46. The number of hydrogen-bond donors (Lipinski definition) is 2. The highest BCUT2D eigenvalue weighted by atomic mass is 19.1. The fourth-order valence-corrected chi connectivity index (χ4v) is 0.996. The molecule has 1 aromatic carbocycles. The molecule has 0 saturated carbocycles. The van der Waals surface area contributed by atoms with Gasteiger partial charge in [0.05, 0.1) is 12.2 Å². The molecule has 0 aliphatic heterocycles. The molecule has 69 valence electrons. The summed E-state index contributed by atoms with van der Waals surface area (Å²) in [6.45, 7) is -0.279. The number of rotatable bonds is 3. The molecule has 0 aliphatic rings. The topological polar surface area (TPSA) is 63.3 Å². The van der Waals surface area contributed by atoms with Gasteiger partial charge in [0.2, 0.25) is 0 Å². The molecule has 1 rings (SSSR count). The van der Waals surface area contributed by atoms with E-state index in [1.54, 1.807) is 0 Å². The third-order valence-corrected chi connectivity index (χ3v) is 1.61. The van der Waals surface area contributed by atoms with Crippen LogP contribution in [-0.2, 0) is 0 Å². The van der Waals surface area contributed by atoms with Crippen molar-refractivity contribution in [3.63, 3.8) is 0 Å². The van der Waals surface area contributed by atoms with Gasteiger partial charge in [0.1, 0.15) is 5.82 Å². The molecule has 1 radical (unpaired) electrons. The zero-order chi connectivity index (χ0) is 9.84. The highest BCUT2D eigenvalue weighted by Crippen LogP contribution is 2.13. The minimum absolute atomic E-state index is 0.165. The number of benzene rings is 1. The number of carbonyl (C=O) groups is 1. The molecule has 0 heterocycles. The highest BCUT2D eigenvalue weighted by molar-refractivity contribution is 5.93. The molecule has 0 spiro atoms. The van der Waals surface area contributed by atoms with Crippen molar-refractivity contribution >= 4 is 5.91 Å². The van der Waals surface area contributed by atoms with Gasteiger partial charge in [0.25, 0.3) is 5.91 Å². The summed E-state index contributed by atoms with van der Waals surface area (Å²) in [5, 5.41) is 8.54. The summed E-state index contributed by atoms with van der Waals surface area (Å²) in [4.78, 5) is 10.7. The van der Waals surface area contributed by atoms with Crippen molar-refractivity contribution in [1.82, 2.24) is 0 Å². The van der Waals surface area contributed by atoms with E-state index < -0.39 is 11.7 Å². The number of primary amides is 1. The summed E-state index contributed by atoms with van der Waals surface area (Å²) in [6.07, 6.45) is 1.27. The Bertz CT molecular complexity index is 325. The van der Waals surface area contributed by atoms with Gasteiger partial charge < -0.3 is 10.8 Å². The maximum Gasteiger partial charge on any atom is 0.251 e. The molecule has 3 nitrogen and oxygen atoms in total. The molecule has 0 fully saturated rings. The second kappa shape index (κ2) is 4.00. The van der Waals surface area contributed by atoms with Crippen LogP contribution in [0.2, 0.25) is 0 Å². The molecule has 0 saturated heterocycles.